The van der Waals surface area contributed by atoms with Crippen LogP contribution in [-0.2, 0) is 13.1 Å². The molecule has 2 aliphatic rings. The second kappa shape index (κ2) is 10.9. The average Bonchev–Trinajstić information content (AvgIpc) is 3.33. The standard InChI is InChI=1S/C23H23F4N7O5/c24-18-11-32(6-5-19(18)38-16-1-3-17(4-2-16)39-23(25,26)27)21-29-8-14(9-30-21)7-28-15-10-33-12-20(34(35)36)31-22(33)37-13-15/h1-4,8-9,12,15,18-19,28H,5-7,10-11,13H2/t15-,18?,19?/m0/s1. The van der Waals surface area contributed by atoms with Crippen molar-refractivity contribution < 1.29 is 36.7 Å². The lowest BCUT2D eigenvalue weighted by atomic mass is 10.1. The summed E-state index contributed by atoms with van der Waals surface area (Å²) in [7, 11) is 0. The second-order valence-corrected chi connectivity index (χ2v) is 9.00. The number of alkyl halides is 4. The molecular weight excluding hydrogens is 530 g/mol. The first-order valence-corrected chi connectivity index (χ1v) is 11.9. The minimum Gasteiger partial charge on any atom is -0.487 e. The van der Waals surface area contributed by atoms with Gasteiger partial charge in [-0.15, -0.1) is 13.2 Å². The summed E-state index contributed by atoms with van der Waals surface area (Å²) in [6.45, 7) is 1.60. The molecule has 0 amide bonds. The quantitative estimate of drug-likeness (QED) is 0.252. The molecule has 1 N–H and O–H groups in total. The minimum atomic E-state index is -4.79. The van der Waals surface area contributed by atoms with Crippen molar-refractivity contribution in [3.05, 3.63) is 58.5 Å². The van der Waals surface area contributed by atoms with Crippen LogP contribution in [0.4, 0.5) is 29.3 Å². The van der Waals surface area contributed by atoms with E-state index in [0.29, 0.717) is 38.6 Å². The van der Waals surface area contributed by atoms with Gasteiger partial charge >= 0.3 is 18.2 Å². The number of rotatable bonds is 8. The van der Waals surface area contributed by atoms with Gasteiger partial charge < -0.3 is 34.5 Å². The number of benzene rings is 1. The summed E-state index contributed by atoms with van der Waals surface area (Å²) in [4.78, 5) is 24.5. The van der Waals surface area contributed by atoms with E-state index in [1.807, 2.05) is 0 Å². The maximum atomic E-state index is 14.9. The molecule has 0 spiro atoms. The summed E-state index contributed by atoms with van der Waals surface area (Å²) >= 11 is 0. The number of nitrogens with zero attached hydrogens (tertiary/aromatic N) is 6. The molecule has 1 fully saturated rings. The fourth-order valence-electron chi connectivity index (χ4n) is 4.27. The van der Waals surface area contributed by atoms with Gasteiger partial charge in [0.25, 0.3) is 0 Å². The predicted octanol–water partition coefficient (Wildman–Crippen LogP) is 3.03. The zero-order chi connectivity index (χ0) is 27.6. The lowest BCUT2D eigenvalue weighted by Gasteiger charge is -2.34. The van der Waals surface area contributed by atoms with Crippen molar-refractivity contribution in [1.29, 1.82) is 0 Å². The Hall–Kier alpha value is -4.21. The molecule has 5 rings (SSSR count). The van der Waals surface area contributed by atoms with E-state index in [1.54, 1.807) is 21.9 Å². The first-order chi connectivity index (χ1) is 18.6. The Morgan fingerprint density at radius 2 is 1.87 bits per heavy atom. The molecular formula is C23H23F4N7O5. The minimum absolute atomic E-state index is 0.00365. The Balaban J connectivity index is 1.09. The third-order valence-corrected chi connectivity index (χ3v) is 6.14. The normalized spacial score (nSPS) is 21.1. The zero-order valence-corrected chi connectivity index (χ0v) is 20.3. The first kappa shape index (κ1) is 26.4. The van der Waals surface area contributed by atoms with E-state index in [-0.39, 0.29) is 35.9 Å². The van der Waals surface area contributed by atoms with Crippen molar-refractivity contribution in [3.8, 4) is 17.5 Å². The van der Waals surface area contributed by atoms with Gasteiger partial charge in [0.15, 0.2) is 6.17 Å². The summed E-state index contributed by atoms with van der Waals surface area (Å²) < 4.78 is 68.3. The van der Waals surface area contributed by atoms with Crippen molar-refractivity contribution in [1.82, 2.24) is 24.8 Å². The highest BCUT2D eigenvalue weighted by atomic mass is 19.4. The maximum absolute atomic E-state index is 14.9. The lowest BCUT2D eigenvalue weighted by Crippen LogP contribution is -2.47. The van der Waals surface area contributed by atoms with E-state index in [2.05, 4.69) is 25.0 Å². The lowest BCUT2D eigenvalue weighted by molar-refractivity contribution is -0.389. The predicted molar refractivity (Wildman–Crippen MR) is 126 cm³/mol. The van der Waals surface area contributed by atoms with Crippen molar-refractivity contribution in [2.45, 2.75) is 44.2 Å². The molecule has 0 radical (unpaired) electrons. The molecule has 2 aromatic heterocycles. The number of nitrogens with one attached hydrogen (secondary N) is 1. The Kier molecular flexibility index (Phi) is 7.36. The van der Waals surface area contributed by atoms with Gasteiger partial charge in [-0.1, -0.05) is 0 Å². The molecule has 39 heavy (non-hydrogen) atoms. The van der Waals surface area contributed by atoms with Gasteiger partial charge in [0.05, 0.1) is 12.6 Å². The van der Waals surface area contributed by atoms with Crippen LogP contribution in [0.2, 0.25) is 0 Å². The SMILES string of the molecule is O=[N+]([O-])c1cn2c(n1)OC[C@@H](NCc1cnc(N3CCC(Oc4ccc(OC(F)(F)F)cc4)C(F)C3)nc1)C2. The third-order valence-electron chi connectivity index (χ3n) is 6.14. The van der Waals surface area contributed by atoms with Gasteiger partial charge in [0.2, 0.25) is 5.95 Å². The van der Waals surface area contributed by atoms with E-state index in [4.69, 9.17) is 9.47 Å². The van der Waals surface area contributed by atoms with E-state index < -0.39 is 23.6 Å². The van der Waals surface area contributed by atoms with Gasteiger partial charge in [0.1, 0.15) is 30.4 Å². The van der Waals surface area contributed by atoms with Crippen LogP contribution in [0, 0.1) is 10.1 Å². The molecule has 2 unspecified atom stereocenters. The number of aromatic nitrogens is 4. The number of imidazole rings is 1. The summed E-state index contributed by atoms with van der Waals surface area (Å²) in [6, 6.07) is 4.92. The molecule has 2 aliphatic heterocycles. The number of fused-ring (bicyclic) bond motifs is 1. The van der Waals surface area contributed by atoms with Gasteiger partial charge in [0, 0.05) is 49.0 Å². The average molecular weight is 553 g/mol. The largest absolute Gasteiger partial charge is 0.573 e. The molecule has 3 atom stereocenters. The smallest absolute Gasteiger partial charge is 0.487 e. The summed E-state index contributed by atoms with van der Waals surface area (Å²) in [5.41, 5.74) is 0.786. The number of hydrogen-bond acceptors (Lipinski definition) is 10. The molecule has 0 saturated carbocycles. The van der Waals surface area contributed by atoms with Gasteiger partial charge in [-0.25, -0.2) is 14.4 Å². The van der Waals surface area contributed by atoms with Crippen LogP contribution < -0.4 is 24.4 Å². The summed E-state index contributed by atoms with van der Waals surface area (Å²) in [5.74, 6) is -0.0493. The topological polar surface area (TPSA) is 130 Å². The monoisotopic (exact) mass is 553 g/mol. The summed E-state index contributed by atoms with van der Waals surface area (Å²) in [6.07, 6.45) is -2.01. The number of ether oxygens (including phenoxy) is 3. The Bertz CT molecular complexity index is 1290. The fourth-order valence-corrected chi connectivity index (χ4v) is 4.27. The van der Waals surface area contributed by atoms with E-state index in [0.717, 1.165) is 17.7 Å². The number of hydrogen-bond donors (Lipinski definition) is 1. The highest BCUT2D eigenvalue weighted by Gasteiger charge is 2.33. The Labute approximate surface area is 218 Å². The van der Waals surface area contributed by atoms with Crippen molar-refractivity contribution in [3.63, 3.8) is 0 Å². The number of halogens is 4. The molecule has 0 bridgehead atoms. The summed E-state index contributed by atoms with van der Waals surface area (Å²) in [5, 5.41) is 14.2. The van der Waals surface area contributed by atoms with Crippen LogP contribution in [0.15, 0.2) is 42.9 Å². The molecule has 4 heterocycles. The molecule has 208 valence electrons. The van der Waals surface area contributed by atoms with Crippen LogP contribution in [0.1, 0.15) is 12.0 Å². The van der Waals surface area contributed by atoms with Crippen molar-refractivity contribution >= 4 is 11.8 Å². The number of nitro groups is 1. The number of anilines is 1. The van der Waals surface area contributed by atoms with Gasteiger partial charge in [-0.3, -0.25) is 4.57 Å². The molecule has 1 aromatic carbocycles. The fraction of sp³-hybridized carbons (Fsp3) is 0.435. The van der Waals surface area contributed by atoms with E-state index in [9.17, 15) is 27.7 Å². The Morgan fingerprint density at radius 1 is 1.15 bits per heavy atom. The second-order valence-electron chi connectivity index (χ2n) is 9.00. The highest BCUT2D eigenvalue weighted by Crippen LogP contribution is 2.28. The third kappa shape index (κ3) is 6.63. The number of piperidine rings is 1. The van der Waals surface area contributed by atoms with E-state index in [1.165, 1.54) is 18.3 Å². The van der Waals surface area contributed by atoms with Crippen molar-refractivity contribution in [2.24, 2.45) is 0 Å². The molecule has 16 heteroatoms. The van der Waals surface area contributed by atoms with Crippen LogP contribution in [0.3, 0.4) is 0 Å². The van der Waals surface area contributed by atoms with Crippen LogP contribution in [-0.4, -0.2) is 68.8 Å². The zero-order valence-electron chi connectivity index (χ0n) is 20.3. The van der Waals surface area contributed by atoms with Gasteiger partial charge in [-0.05, 0) is 29.2 Å². The first-order valence-electron chi connectivity index (χ1n) is 11.9. The highest BCUT2D eigenvalue weighted by molar-refractivity contribution is 5.33. The molecule has 3 aromatic rings. The van der Waals surface area contributed by atoms with Crippen LogP contribution in [0.5, 0.6) is 17.5 Å². The molecule has 12 nitrogen and oxygen atoms in total. The van der Waals surface area contributed by atoms with Crippen LogP contribution in [0.25, 0.3) is 0 Å². The molecule has 1 saturated heterocycles. The van der Waals surface area contributed by atoms with Gasteiger partial charge in [-0.2, -0.15) is 0 Å². The molecule has 0 aliphatic carbocycles. The maximum Gasteiger partial charge on any atom is 0.573 e. The Morgan fingerprint density at radius 3 is 2.54 bits per heavy atom. The van der Waals surface area contributed by atoms with E-state index >= 15 is 0 Å². The van der Waals surface area contributed by atoms with Crippen molar-refractivity contribution in [2.75, 3.05) is 24.6 Å². The van der Waals surface area contributed by atoms with Crippen LogP contribution >= 0.6 is 0 Å².